The van der Waals surface area contributed by atoms with Gasteiger partial charge < -0.3 is 10.1 Å². The molecule has 2 heterocycles. The van der Waals surface area contributed by atoms with Crippen LogP contribution in [0.2, 0.25) is 0 Å². The number of benzene rings is 2. The molecule has 0 spiro atoms. The SMILES string of the molecule is CCC(=NC=O)[C@]1(n2cn[nH]c2=O)CC[C@@](CO[C@H](C)c2cc(CF)cc(CF)c2)(c2ccccc2)NC1. The molecule has 0 aliphatic carbocycles. The molecule has 0 saturated carbocycles. The number of hydrogen-bond donors (Lipinski definition) is 2. The van der Waals surface area contributed by atoms with E-state index in [0.717, 1.165) is 5.56 Å². The lowest BCUT2D eigenvalue weighted by Gasteiger charge is -2.48. The summed E-state index contributed by atoms with van der Waals surface area (Å²) in [5.74, 6) is 0. The van der Waals surface area contributed by atoms with Gasteiger partial charge in [0.2, 0.25) is 6.41 Å². The summed E-state index contributed by atoms with van der Waals surface area (Å²) in [4.78, 5) is 28.1. The standard InChI is InChI=1S/C28H33F2N5O3/c1-3-25(31-19-36)28(35-18-33-34-26(35)37)10-9-27(32-16-28,24-7-5-4-6-8-24)17-38-20(2)23-12-21(14-29)11-22(13-23)15-30/h4-8,11-13,18-20,32H,3,9-10,14-17H2,1-2H3,(H,34,37)/t20-,27-,28+/m1/s1. The topological polar surface area (TPSA) is 101 Å². The van der Waals surface area contributed by atoms with Gasteiger partial charge in [-0.2, -0.15) is 5.10 Å². The van der Waals surface area contributed by atoms with Gasteiger partial charge in [-0.1, -0.05) is 55.5 Å². The summed E-state index contributed by atoms with van der Waals surface area (Å²) in [7, 11) is 0. The summed E-state index contributed by atoms with van der Waals surface area (Å²) in [6.45, 7) is 2.98. The molecule has 2 N–H and O–H groups in total. The van der Waals surface area contributed by atoms with Gasteiger partial charge in [-0.15, -0.1) is 0 Å². The van der Waals surface area contributed by atoms with Crippen LogP contribution in [0.3, 0.4) is 0 Å². The second-order valence-electron chi connectivity index (χ2n) is 9.70. The number of alkyl halides is 2. The highest BCUT2D eigenvalue weighted by molar-refractivity contribution is 5.96. The molecule has 0 bridgehead atoms. The number of amides is 1. The van der Waals surface area contributed by atoms with Crippen LogP contribution in [0.5, 0.6) is 0 Å². The van der Waals surface area contributed by atoms with Gasteiger partial charge in [-0.25, -0.2) is 23.7 Å². The zero-order chi connectivity index (χ0) is 27.2. The van der Waals surface area contributed by atoms with E-state index < -0.39 is 30.5 Å². The first-order valence-electron chi connectivity index (χ1n) is 12.7. The number of aliphatic imine (C=N–C) groups is 1. The van der Waals surface area contributed by atoms with Crippen LogP contribution < -0.4 is 11.0 Å². The van der Waals surface area contributed by atoms with Gasteiger partial charge >= 0.3 is 5.69 Å². The average molecular weight is 526 g/mol. The van der Waals surface area contributed by atoms with Crippen LogP contribution >= 0.6 is 0 Å². The Bertz CT molecular complexity index is 1290. The molecule has 1 aromatic heterocycles. The molecule has 2 aromatic carbocycles. The number of H-pyrrole nitrogens is 1. The number of piperidine rings is 1. The number of carbonyl (C=O) groups excluding carboxylic acids is 1. The maximum absolute atomic E-state index is 13.4. The molecule has 38 heavy (non-hydrogen) atoms. The summed E-state index contributed by atoms with van der Waals surface area (Å²) < 4.78 is 34.6. The Kier molecular flexibility index (Phi) is 8.63. The molecular formula is C28H33F2N5O3. The summed E-state index contributed by atoms with van der Waals surface area (Å²) in [5.41, 5.74) is 1.24. The molecule has 4 rings (SSSR count). The average Bonchev–Trinajstić information content (AvgIpc) is 3.41. The largest absolute Gasteiger partial charge is 0.372 e. The number of nitrogens with one attached hydrogen (secondary N) is 2. The van der Waals surface area contributed by atoms with Gasteiger partial charge in [-0.3, -0.25) is 9.36 Å². The summed E-state index contributed by atoms with van der Waals surface area (Å²) >= 11 is 0. The summed E-state index contributed by atoms with van der Waals surface area (Å²) in [5, 5.41) is 10.00. The number of rotatable bonds is 11. The van der Waals surface area contributed by atoms with Gasteiger partial charge in [0.05, 0.1) is 18.2 Å². The minimum absolute atomic E-state index is 0.269. The normalized spacial score (nSPS) is 22.8. The Balaban J connectivity index is 1.65. The number of nitrogens with zero attached hydrogens (tertiary/aromatic N) is 3. The fourth-order valence-electron chi connectivity index (χ4n) is 5.41. The van der Waals surface area contributed by atoms with E-state index in [9.17, 15) is 18.4 Å². The fraction of sp³-hybridized carbons (Fsp3) is 0.429. The van der Waals surface area contributed by atoms with Crippen molar-refractivity contribution in [3.63, 3.8) is 0 Å². The third-order valence-electron chi connectivity index (χ3n) is 7.54. The van der Waals surface area contributed by atoms with Crippen molar-refractivity contribution in [3.8, 4) is 0 Å². The monoisotopic (exact) mass is 525 g/mol. The van der Waals surface area contributed by atoms with Gasteiger partial charge in [-0.05, 0) is 48.4 Å². The molecule has 10 heteroatoms. The molecule has 8 nitrogen and oxygen atoms in total. The Morgan fingerprint density at radius 1 is 1.18 bits per heavy atom. The molecule has 1 amide bonds. The summed E-state index contributed by atoms with van der Waals surface area (Å²) in [6.07, 6.45) is 3.06. The van der Waals surface area contributed by atoms with Crippen molar-refractivity contribution >= 4 is 12.1 Å². The van der Waals surface area contributed by atoms with E-state index in [4.69, 9.17) is 4.74 Å². The lowest BCUT2D eigenvalue weighted by atomic mass is 9.73. The number of carbonyl (C=O) groups is 1. The first-order chi connectivity index (χ1) is 18.4. The zero-order valence-electron chi connectivity index (χ0n) is 21.6. The minimum Gasteiger partial charge on any atom is -0.372 e. The lowest BCUT2D eigenvalue weighted by molar-refractivity contribution is -0.106. The van der Waals surface area contributed by atoms with Gasteiger partial charge in [0, 0.05) is 12.3 Å². The van der Waals surface area contributed by atoms with E-state index >= 15 is 0 Å². The van der Waals surface area contributed by atoms with Gasteiger partial charge in [0.25, 0.3) is 0 Å². The van der Waals surface area contributed by atoms with Crippen molar-refractivity contribution in [3.05, 3.63) is 87.6 Å². The molecule has 1 aliphatic rings. The number of aromatic amines is 1. The molecule has 0 unspecified atom stereocenters. The van der Waals surface area contributed by atoms with Crippen LogP contribution in [0, 0.1) is 0 Å². The minimum atomic E-state index is -0.880. The van der Waals surface area contributed by atoms with Crippen molar-refractivity contribution in [2.75, 3.05) is 13.2 Å². The van der Waals surface area contributed by atoms with Crippen LogP contribution in [0.4, 0.5) is 8.78 Å². The second kappa shape index (κ2) is 11.9. The first-order valence-corrected chi connectivity index (χ1v) is 12.7. The van der Waals surface area contributed by atoms with E-state index in [1.54, 1.807) is 12.1 Å². The molecule has 3 aromatic rings. The summed E-state index contributed by atoms with van der Waals surface area (Å²) in [6, 6.07) is 14.8. The van der Waals surface area contributed by atoms with E-state index in [2.05, 4.69) is 20.5 Å². The molecule has 0 radical (unpaired) electrons. The van der Waals surface area contributed by atoms with E-state index in [1.807, 2.05) is 44.2 Å². The van der Waals surface area contributed by atoms with E-state index in [-0.39, 0.29) is 12.3 Å². The van der Waals surface area contributed by atoms with Crippen LogP contribution in [0.1, 0.15) is 61.5 Å². The number of halogens is 2. The highest BCUT2D eigenvalue weighted by atomic mass is 19.1. The Labute approximate surface area is 220 Å². The number of aromatic nitrogens is 3. The maximum atomic E-state index is 13.4. The third-order valence-corrected chi connectivity index (χ3v) is 7.54. The number of ether oxygens (including phenoxy) is 1. The Hall–Kier alpha value is -3.50. The van der Waals surface area contributed by atoms with Crippen LogP contribution in [0.25, 0.3) is 0 Å². The lowest BCUT2D eigenvalue weighted by Crippen LogP contribution is -2.63. The van der Waals surface area contributed by atoms with Gasteiger partial charge in [0.15, 0.2) is 0 Å². The van der Waals surface area contributed by atoms with E-state index in [1.165, 1.54) is 17.0 Å². The predicted octanol–water partition coefficient (Wildman–Crippen LogP) is 4.27. The van der Waals surface area contributed by atoms with Crippen LogP contribution in [-0.2, 0) is 34.0 Å². The zero-order valence-corrected chi connectivity index (χ0v) is 21.6. The van der Waals surface area contributed by atoms with Crippen molar-refractivity contribution < 1.29 is 18.3 Å². The molecule has 202 valence electrons. The Morgan fingerprint density at radius 3 is 2.42 bits per heavy atom. The Morgan fingerprint density at radius 2 is 1.89 bits per heavy atom. The van der Waals surface area contributed by atoms with Crippen LogP contribution in [-0.4, -0.2) is 40.0 Å². The molecule has 1 aliphatic heterocycles. The molecule has 1 fully saturated rings. The first kappa shape index (κ1) is 27.5. The highest BCUT2D eigenvalue weighted by Gasteiger charge is 2.48. The van der Waals surface area contributed by atoms with Crippen molar-refractivity contribution in [2.45, 2.75) is 63.6 Å². The van der Waals surface area contributed by atoms with Crippen LogP contribution in [0.15, 0.2) is 64.6 Å². The van der Waals surface area contributed by atoms with Crippen molar-refractivity contribution in [1.29, 1.82) is 0 Å². The van der Waals surface area contributed by atoms with Crippen molar-refractivity contribution in [2.24, 2.45) is 4.99 Å². The third kappa shape index (κ3) is 5.37. The highest BCUT2D eigenvalue weighted by Crippen LogP contribution is 2.39. The molecule has 1 saturated heterocycles. The second-order valence-corrected chi connectivity index (χ2v) is 9.70. The van der Waals surface area contributed by atoms with E-state index in [0.29, 0.717) is 54.6 Å². The quantitative estimate of drug-likeness (QED) is 0.288. The predicted molar refractivity (Wildman–Crippen MR) is 140 cm³/mol. The van der Waals surface area contributed by atoms with Gasteiger partial charge in [0.1, 0.15) is 25.2 Å². The number of hydrogen-bond acceptors (Lipinski definition) is 5. The molecular weight excluding hydrogens is 492 g/mol. The maximum Gasteiger partial charge on any atom is 0.343 e. The smallest absolute Gasteiger partial charge is 0.343 e. The fourth-order valence-corrected chi connectivity index (χ4v) is 5.41. The van der Waals surface area contributed by atoms with Crippen molar-refractivity contribution in [1.82, 2.24) is 20.1 Å². The molecule has 3 atom stereocenters.